The van der Waals surface area contributed by atoms with Gasteiger partial charge < -0.3 is 19.2 Å². The molecule has 1 unspecified atom stereocenters. The number of H-pyrrole nitrogens is 1. The van der Waals surface area contributed by atoms with Crippen LogP contribution in [0.25, 0.3) is 33.7 Å². The van der Waals surface area contributed by atoms with Crippen molar-refractivity contribution in [2.75, 3.05) is 5.32 Å². The van der Waals surface area contributed by atoms with Crippen molar-refractivity contribution in [2.45, 2.75) is 31.3 Å². The number of rotatable bonds is 7. The zero-order valence-corrected chi connectivity index (χ0v) is 20.6. The van der Waals surface area contributed by atoms with Gasteiger partial charge in [0.2, 0.25) is 5.71 Å². The van der Waals surface area contributed by atoms with Crippen LogP contribution in [-0.4, -0.2) is 27.1 Å². The molecule has 1 fully saturated rings. The maximum absolute atomic E-state index is 12.8. The van der Waals surface area contributed by atoms with Crippen LogP contribution in [-0.2, 0) is 14.9 Å². The summed E-state index contributed by atoms with van der Waals surface area (Å²) in [5.74, 6) is -0.302. The van der Waals surface area contributed by atoms with Gasteiger partial charge in [0.25, 0.3) is 0 Å². The number of hydrogen-bond acceptors (Lipinski definition) is 5. The predicted molar refractivity (Wildman–Crippen MR) is 143 cm³/mol. The van der Waals surface area contributed by atoms with Gasteiger partial charge in [0, 0.05) is 5.56 Å². The number of ether oxygens (including phenoxy) is 1. The molecule has 6 rings (SSSR count). The van der Waals surface area contributed by atoms with Crippen molar-refractivity contribution < 1.29 is 23.8 Å². The van der Waals surface area contributed by atoms with Gasteiger partial charge in [-0.2, -0.15) is 0 Å². The van der Waals surface area contributed by atoms with Crippen molar-refractivity contribution in [1.29, 1.82) is 0 Å². The second kappa shape index (κ2) is 9.23. The minimum atomic E-state index is -0.762. The molecule has 1 atom stereocenters. The number of carbonyl (C=O) groups is 2. The summed E-state index contributed by atoms with van der Waals surface area (Å²) in [4.78, 5) is 31.6. The van der Waals surface area contributed by atoms with E-state index >= 15 is 0 Å². The lowest BCUT2D eigenvalue weighted by Gasteiger charge is -2.14. The van der Waals surface area contributed by atoms with E-state index in [9.17, 15) is 14.7 Å². The summed E-state index contributed by atoms with van der Waals surface area (Å²) < 4.78 is 11.6. The van der Waals surface area contributed by atoms with Gasteiger partial charge in [-0.3, -0.25) is 10.1 Å². The van der Waals surface area contributed by atoms with Gasteiger partial charge in [0.05, 0.1) is 11.7 Å². The predicted octanol–water partition coefficient (Wildman–Crippen LogP) is 6.92. The standard InChI is InChI=1S/C30H25N3O5/c1-18(19-5-3-2-4-6-19)37-29(36)33-24-25-27(32-17-31-25)38-26(24)22-9-7-20(8-10-22)21-11-13-23(14-12-21)30(15-16-30)28(34)35/h2-14,17-18H,15-16H2,1H3,(H,31,32)(H,33,36)(H,34,35). The number of aromatic amines is 1. The Hall–Kier alpha value is -4.85. The van der Waals surface area contributed by atoms with E-state index in [1.807, 2.05) is 85.8 Å². The van der Waals surface area contributed by atoms with Crippen LogP contribution in [0.2, 0.25) is 0 Å². The molecule has 1 amide bonds. The topological polar surface area (TPSA) is 117 Å². The molecule has 1 aliphatic carbocycles. The van der Waals surface area contributed by atoms with Crippen LogP contribution in [0, 0.1) is 0 Å². The van der Waals surface area contributed by atoms with Crippen LogP contribution >= 0.6 is 0 Å². The maximum Gasteiger partial charge on any atom is 0.412 e. The Morgan fingerprint density at radius 1 is 0.974 bits per heavy atom. The molecule has 3 N–H and O–H groups in total. The number of furan rings is 1. The molecule has 8 nitrogen and oxygen atoms in total. The minimum Gasteiger partial charge on any atom is -0.481 e. The maximum atomic E-state index is 12.8. The van der Waals surface area contributed by atoms with E-state index in [0.29, 0.717) is 35.5 Å². The second-order valence-corrected chi connectivity index (χ2v) is 9.51. The molecule has 0 bridgehead atoms. The van der Waals surface area contributed by atoms with E-state index in [1.165, 1.54) is 6.33 Å². The van der Waals surface area contributed by atoms with E-state index in [2.05, 4.69) is 15.3 Å². The fourth-order valence-electron chi connectivity index (χ4n) is 4.75. The molecule has 0 aliphatic heterocycles. The number of carboxylic acid groups (broad SMARTS) is 1. The summed E-state index contributed by atoms with van der Waals surface area (Å²) in [6.45, 7) is 1.81. The molecule has 1 aliphatic rings. The van der Waals surface area contributed by atoms with Gasteiger partial charge in [-0.25, -0.2) is 9.78 Å². The second-order valence-electron chi connectivity index (χ2n) is 9.51. The summed E-state index contributed by atoms with van der Waals surface area (Å²) in [6.07, 6.45) is 1.82. The first-order valence-electron chi connectivity index (χ1n) is 12.4. The lowest BCUT2D eigenvalue weighted by atomic mass is 9.93. The van der Waals surface area contributed by atoms with Crippen molar-refractivity contribution in [3.8, 4) is 22.5 Å². The van der Waals surface area contributed by atoms with Crippen molar-refractivity contribution in [3.05, 3.63) is 96.3 Å². The number of benzene rings is 3. The number of carbonyl (C=O) groups excluding carboxylic acids is 1. The van der Waals surface area contributed by atoms with Crippen molar-refractivity contribution >= 4 is 29.0 Å². The van der Waals surface area contributed by atoms with Crippen LogP contribution in [0.5, 0.6) is 0 Å². The first kappa shape index (κ1) is 23.5. The highest BCUT2D eigenvalue weighted by atomic mass is 16.6. The third kappa shape index (κ3) is 4.20. The van der Waals surface area contributed by atoms with E-state index in [4.69, 9.17) is 9.15 Å². The molecule has 190 valence electrons. The molecule has 3 aromatic carbocycles. The third-order valence-corrected chi connectivity index (χ3v) is 7.14. The number of anilines is 1. The average Bonchev–Trinajstić information content (AvgIpc) is 3.52. The number of nitrogens with zero attached hydrogens (tertiary/aromatic N) is 1. The smallest absolute Gasteiger partial charge is 0.412 e. The van der Waals surface area contributed by atoms with Crippen LogP contribution < -0.4 is 5.32 Å². The quantitative estimate of drug-likeness (QED) is 0.220. The fourth-order valence-corrected chi connectivity index (χ4v) is 4.75. The Labute approximate surface area is 218 Å². The molecule has 0 saturated heterocycles. The molecule has 8 heteroatoms. The van der Waals surface area contributed by atoms with Gasteiger partial charge in [0.1, 0.15) is 17.3 Å². The van der Waals surface area contributed by atoms with Crippen LogP contribution in [0.15, 0.2) is 89.6 Å². The first-order valence-corrected chi connectivity index (χ1v) is 12.4. The Morgan fingerprint density at radius 2 is 1.61 bits per heavy atom. The number of carboxylic acids is 1. The average molecular weight is 508 g/mol. The van der Waals surface area contributed by atoms with Gasteiger partial charge in [-0.1, -0.05) is 78.9 Å². The Morgan fingerprint density at radius 3 is 2.24 bits per heavy atom. The van der Waals surface area contributed by atoms with Crippen LogP contribution in [0.3, 0.4) is 0 Å². The Kier molecular flexibility index (Phi) is 5.72. The lowest BCUT2D eigenvalue weighted by Crippen LogP contribution is -2.19. The van der Waals surface area contributed by atoms with Gasteiger partial charge in [-0.15, -0.1) is 0 Å². The first-order chi connectivity index (χ1) is 18.4. The summed E-state index contributed by atoms with van der Waals surface area (Å²) in [7, 11) is 0. The van der Waals surface area contributed by atoms with Crippen molar-refractivity contribution in [2.24, 2.45) is 0 Å². The number of hydrogen-bond donors (Lipinski definition) is 3. The normalized spacial score (nSPS) is 14.7. The van der Waals surface area contributed by atoms with Crippen molar-refractivity contribution in [3.63, 3.8) is 0 Å². The zero-order valence-electron chi connectivity index (χ0n) is 20.6. The van der Waals surface area contributed by atoms with Gasteiger partial charge >= 0.3 is 12.1 Å². The number of imidazole rings is 1. The Balaban J connectivity index is 1.23. The molecule has 0 spiro atoms. The number of fused-ring (bicyclic) bond motifs is 1. The van der Waals surface area contributed by atoms with E-state index in [0.717, 1.165) is 27.8 Å². The van der Waals surface area contributed by atoms with E-state index in [-0.39, 0.29) is 0 Å². The fraction of sp³-hybridized carbons (Fsp3) is 0.167. The Bertz CT molecular complexity index is 1610. The molecule has 2 aromatic heterocycles. The molecular weight excluding hydrogens is 482 g/mol. The SMILES string of the molecule is CC(OC(=O)Nc1c(-c2ccc(-c3ccc(C4(C(=O)O)CC4)cc3)cc2)oc2nc[nH]c12)c1ccccc1. The molecule has 38 heavy (non-hydrogen) atoms. The highest BCUT2D eigenvalue weighted by molar-refractivity contribution is 6.02. The number of amides is 1. The highest BCUT2D eigenvalue weighted by Crippen LogP contribution is 2.48. The minimum absolute atomic E-state index is 0.374. The van der Waals surface area contributed by atoms with Crippen LogP contribution in [0.1, 0.15) is 37.0 Å². The summed E-state index contributed by atoms with van der Waals surface area (Å²) in [6, 6.07) is 24.9. The van der Waals surface area contributed by atoms with E-state index in [1.54, 1.807) is 0 Å². The monoisotopic (exact) mass is 507 g/mol. The largest absolute Gasteiger partial charge is 0.481 e. The lowest BCUT2D eigenvalue weighted by molar-refractivity contribution is -0.140. The molecule has 0 radical (unpaired) electrons. The summed E-state index contributed by atoms with van der Waals surface area (Å²) in [5.41, 5.74) is 5.10. The highest BCUT2D eigenvalue weighted by Gasteiger charge is 2.51. The molecular formula is C30H25N3O5. The molecule has 1 saturated carbocycles. The van der Waals surface area contributed by atoms with E-state index < -0.39 is 23.6 Å². The number of aromatic nitrogens is 2. The summed E-state index contributed by atoms with van der Waals surface area (Å²) in [5, 5.41) is 12.4. The van der Waals surface area contributed by atoms with Crippen LogP contribution in [0.4, 0.5) is 10.5 Å². The summed E-state index contributed by atoms with van der Waals surface area (Å²) >= 11 is 0. The number of nitrogens with one attached hydrogen (secondary N) is 2. The number of aliphatic carboxylic acids is 1. The zero-order chi connectivity index (χ0) is 26.3. The van der Waals surface area contributed by atoms with Gasteiger partial charge in [0.15, 0.2) is 5.76 Å². The molecule has 2 heterocycles. The van der Waals surface area contributed by atoms with Crippen molar-refractivity contribution in [1.82, 2.24) is 9.97 Å². The third-order valence-electron chi connectivity index (χ3n) is 7.14. The molecule has 5 aromatic rings. The van der Waals surface area contributed by atoms with Gasteiger partial charge in [-0.05, 0) is 42.0 Å².